The Kier molecular flexibility index (Phi) is 7.43. The van der Waals surface area contributed by atoms with Gasteiger partial charge in [0.1, 0.15) is 6.10 Å². The third-order valence-corrected chi connectivity index (χ3v) is 11.5. The molecule has 0 aromatic heterocycles. The molecule has 188 valence electrons. The van der Waals surface area contributed by atoms with Crippen LogP contribution >= 0.6 is 0 Å². The van der Waals surface area contributed by atoms with E-state index >= 15 is 0 Å². The van der Waals surface area contributed by atoms with Crippen molar-refractivity contribution in [2.45, 2.75) is 132 Å². The highest BCUT2D eigenvalue weighted by molar-refractivity contribution is 5.66. The summed E-state index contributed by atoms with van der Waals surface area (Å²) in [5, 5.41) is 0. The maximum Gasteiger partial charge on any atom is 0.302 e. The normalized spacial score (nSPS) is 40.1. The van der Waals surface area contributed by atoms with E-state index in [1.54, 1.807) is 6.92 Å². The Morgan fingerprint density at radius 3 is 2.45 bits per heavy atom. The van der Waals surface area contributed by atoms with E-state index in [9.17, 15) is 4.79 Å². The first-order valence-electron chi connectivity index (χ1n) is 14.5. The number of hydrogen-bond donors (Lipinski definition) is 0. The Morgan fingerprint density at radius 1 is 1.03 bits per heavy atom. The summed E-state index contributed by atoms with van der Waals surface area (Å²) < 4.78 is 5.66. The standard InChI is InChI=1S/C31H52O2/c1-8-23(20(2)3)10-9-21(4)27-13-14-28-26-12-11-24-19-25(33-22(5)32)15-17-30(24,6)29(26)16-18-31(27,28)7/h20-21,23-25,27,29H,8-19H2,1-7H3/t21-,23-,24+,25-,27+,29+,30+,31-/m1/s1. The van der Waals surface area contributed by atoms with Crippen molar-refractivity contribution in [1.29, 1.82) is 0 Å². The number of allylic oxidation sites excluding steroid dienone is 2. The van der Waals surface area contributed by atoms with Gasteiger partial charge in [-0.05, 0) is 111 Å². The third-order valence-electron chi connectivity index (χ3n) is 11.5. The zero-order valence-corrected chi connectivity index (χ0v) is 22.8. The van der Waals surface area contributed by atoms with Crippen molar-refractivity contribution in [3.05, 3.63) is 11.1 Å². The van der Waals surface area contributed by atoms with Gasteiger partial charge in [0.25, 0.3) is 0 Å². The minimum absolute atomic E-state index is 0.0968. The van der Waals surface area contributed by atoms with E-state index in [2.05, 4.69) is 41.5 Å². The van der Waals surface area contributed by atoms with Crippen LogP contribution in [0.25, 0.3) is 0 Å². The number of hydrogen-bond acceptors (Lipinski definition) is 2. The molecule has 0 unspecified atom stereocenters. The largest absolute Gasteiger partial charge is 0.463 e. The van der Waals surface area contributed by atoms with Gasteiger partial charge in [-0.2, -0.15) is 0 Å². The monoisotopic (exact) mass is 456 g/mol. The van der Waals surface area contributed by atoms with Gasteiger partial charge in [-0.3, -0.25) is 4.79 Å². The number of rotatable bonds is 7. The van der Waals surface area contributed by atoms with Crippen LogP contribution < -0.4 is 0 Å². The first kappa shape index (κ1) is 25.3. The molecule has 4 rings (SSSR count). The quantitative estimate of drug-likeness (QED) is 0.283. The second kappa shape index (κ2) is 9.69. The fraction of sp³-hybridized carbons (Fsp3) is 0.903. The molecule has 8 atom stereocenters. The average Bonchev–Trinajstić information content (AvgIpc) is 3.11. The van der Waals surface area contributed by atoms with Crippen LogP contribution in [0.3, 0.4) is 0 Å². The van der Waals surface area contributed by atoms with Gasteiger partial charge < -0.3 is 4.74 Å². The molecule has 0 aromatic carbocycles. The van der Waals surface area contributed by atoms with Gasteiger partial charge in [-0.15, -0.1) is 0 Å². The summed E-state index contributed by atoms with van der Waals surface area (Å²) in [6.45, 7) is 16.6. The number of carbonyl (C=O) groups excluding carboxylic acids is 1. The van der Waals surface area contributed by atoms with Gasteiger partial charge in [0, 0.05) is 6.92 Å². The van der Waals surface area contributed by atoms with Crippen molar-refractivity contribution < 1.29 is 9.53 Å². The highest BCUT2D eigenvalue weighted by Crippen LogP contribution is 2.66. The van der Waals surface area contributed by atoms with Crippen LogP contribution in [-0.4, -0.2) is 12.1 Å². The van der Waals surface area contributed by atoms with Crippen LogP contribution in [0, 0.1) is 46.3 Å². The van der Waals surface area contributed by atoms with Gasteiger partial charge in [0.15, 0.2) is 0 Å². The molecule has 0 saturated heterocycles. The number of esters is 1. The van der Waals surface area contributed by atoms with E-state index in [0.29, 0.717) is 10.8 Å². The first-order chi connectivity index (χ1) is 15.6. The predicted octanol–water partition coefficient (Wildman–Crippen LogP) is 8.74. The highest BCUT2D eigenvalue weighted by atomic mass is 16.5. The van der Waals surface area contributed by atoms with E-state index in [0.717, 1.165) is 48.3 Å². The first-order valence-corrected chi connectivity index (χ1v) is 14.5. The Morgan fingerprint density at radius 2 is 1.79 bits per heavy atom. The Bertz CT molecular complexity index is 750. The fourth-order valence-corrected chi connectivity index (χ4v) is 9.43. The lowest BCUT2D eigenvalue weighted by Crippen LogP contribution is -2.48. The molecule has 0 spiro atoms. The lowest BCUT2D eigenvalue weighted by Gasteiger charge is -2.57. The van der Waals surface area contributed by atoms with Gasteiger partial charge in [0.05, 0.1) is 0 Å². The van der Waals surface area contributed by atoms with Gasteiger partial charge >= 0.3 is 5.97 Å². The molecular weight excluding hydrogens is 404 g/mol. The molecule has 2 heteroatoms. The molecule has 0 aromatic rings. The second-order valence-electron chi connectivity index (χ2n) is 13.4. The maximum absolute atomic E-state index is 11.5. The Hall–Kier alpha value is -0.790. The maximum atomic E-state index is 11.5. The summed E-state index contributed by atoms with van der Waals surface area (Å²) in [5.41, 5.74) is 4.70. The summed E-state index contributed by atoms with van der Waals surface area (Å²) in [7, 11) is 0. The minimum Gasteiger partial charge on any atom is -0.463 e. The van der Waals surface area contributed by atoms with Crippen molar-refractivity contribution in [2.75, 3.05) is 0 Å². The molecule has 0 bridgehead atoms. The molecular formula is C31H52O2. The summed E-state index contributed by atoms with van der Waals surface area (Å²) >= 11 is 0. The Labute approximate surface area is 204 Å². The van der Waals surface area contributed by atoms with Gasteiger partial charge in [-0.25, -0.2) is 0 Å². The summed E-state index contributed by atoms with van der Waals surface area (Å²) in [6, 6.07) is 0. The average molecular weight is 457 g/mol. The van der Waals surface area contributed by atoms with Crippen molar-refractivity contribution >= 4 is 5.97 Å². The molecule has 4 aliphatic rings. The zero-order valence-electron chi connectivity index (χ0n) is 22.8. The van der Waals surface area contributed by atoms with Gasteiger partial charge in [-0.1, -0.05) is 65.5 Å². The van der Waals surface area contributed by atoms with E-state index < -0.39 is 0 Å². The minimum atomic E-state index is -0.0968. The highest BCUT2D eigenvalue weighted by Gasteiger charge is 2.55. The molecule has 3 saturated carbocycles. The summed E-state index contributed by atoms with van der Waals surface area (Å²) in [4.78, 5) is 11.5. The Balaban J connectivity index is 1.49. The summed E-state index contributed by atoms with van der Waals surface area (Å²) in [6.07, 6.45) is 16.0. The van der Waals surface area contributed by atoms with Crippen LogP contribution in [-0.2, 0) is 9.53 Å². The van der Waals surface area contributed by atoms with Crippen LogP contribution in [0.5, 0.6) is 0 Å². The van der Waals surface area contributed by atoms with Crippen LogP contribution in [0.2, 0.25) is 0 Å². The van der Waals surface area contributed by atoms with E-state index in [1.165, 1.54) is 64.2 Å². The molecule has 3 fully saturated rings. The van der Waals surface area contributed by atoms with E-state index in [-0.39, 0.29) is 12.1 Å². The van der Waals surface area contributed by atoms with Gasteiger partial charge in [0.2, 0.25) is 0 Å². The smallest absolute Gasteiger partial charge is 0.302 e. The molecule has 0 heterocycles. The number of carbonyl (C=O) groups is 1. The molecule has 2 nitrogen and oxygen atoms in total. The zero-order chi connectivity index (χ0) is 24.0. The van der Waals surface area contributed by atoms with Crippen molar-refractivity contribution in [3.63, 3.8) is 0 Å². The van der Waals surface area contributed by atoms with E-state index in [4.69, 9.17) is 4.74 Å². The molecule has 4 aliphatic carbocycles. The second-order valence-corrected chi connectivity index (χ2v) is 13.4. The predicted molar refractivity (Wildman–Crippen MR) is 138 cm³/mol. The SMILES string of the molecule is CC[C@H](CC[C@@H](C)[C@@H]1CCC2=C3CC[C@H]4C[C@H](OC(C)=O)CC[C@]4(C)[C@H]3CC[C@@]21C)C(C)C. The lowest BCUT2D eigenvalue weighted by atomic mass is 9.48. The lowest BCUT2D eigenvalue weighted by molar-refractivity contribution is -0.152. The molecule has 0 radical (unpaired) electrons. The fourth-order valence-electron chi connectivity index (χ4n) is 9.43. The van der Waals surface area contributed by atoms with Crippen molar-refractivity contribution in [2.24, 2.45) is 46.3 Å². The number of ether oxygens (including phenoxy) is 1. The third kappa shape index (κ3) is 4.58. The topological polar surface area (TPSA) is 26.3 Å². The number of fused-ring (bicyclic) bond motifs is 4. The molecule has 0 N–H and O–H groups in total. The summed E-state index contributed by atoms with van der Waals surface area (Å²) in [5.74, 6) is 4.87. The van der Waals surface area contributed by atoms with Crippen LogP contribution in [0.4, 0.5) is 0 Å². The van der Waals surface area contributed by atoms with E-state index in [1.807, 2.05) is 11.1 Å². The van der Waals surface area contributed by atoms with Crippen molar-refractivity contribution in [3.8, 4) is 0 Å². The van der Waals surface area contributed by atoms with Crippen LogP contribution in [0.15, 0.2) is 11.1 Å². The molecule has 0 amide bonds. The molecule has 0 aliphatic heterocycles. The van der Waals surface area contributed by atoms with Crippen molar-refractivity contribution in [1.82, 2.24) is 0 Å². The molecule has 33 heavy (non-hydrogen) atoms. The van der Waals surface area contributed by atoms with Crippen LogP contribution in [0.1, 0.15) is 126 Å².